The van der Waals surface area contributed by atoms with Crippen LogP contribution >= 0.6 is 23.1 Å². The zero-order chi connectivity index (χ0) is 12.8. The van der Waals surface area contributed by atoms with Crippen molar-refractivity contribution >= 4 is 23.1 Å². The largest absolute Gasteiger partial charge is 0.388 e. The van der Waals surface area contributed by atoms with E-state index in [2.05, 4.69) is 29.3 Å². The molecule has 0 spiro atoms. The van der Waals surface area contributed by atoms with Crippen molar-refractivity contribution in [3.8, 4) is 0 Å². The average Bonchev–Trinajstić information content (AvgIpc) is 2.86. The number of piperazine rings is 1. The van der Waals surface area contributed by atoms with E-state index in [9.17, 15) is 5.11 Å². The van der Waals surface area contributed by atoms with Crippen LogP contribution in [-0.2, 0) is 0 Å². The van der Waals surface area contributed by atoms with E-state index in [0.29, 0.717) is 0 Å². The summed E-state index contributed by atoms with van der Waals surface area (Å²) in [6.07, 6.45) is 0.549. The fraction of sp³-hybridized carbons (Fsp3) is 0.692. The van der Waals surface area contributed by atoms with E-state index in [1.165, 1.54) is 4.21 Å². The van der Waals surface area contributed by atoms with Crippen LogP contribution in [0.3, 0.4) is 0 Å². The third-order valence-electron chi connectivity index (χ3n) is 3.15. The van der Waals surface area contributed by atoms with Crippen LogP contribution in [0, 0.1) is 0 Å². The molecule has 102 valence electrons. The molecule has 3 nitrogen and oxygen atoms in total. The predicted molar refractivity (Wildman–Crippen MR) is 79.6 cm³/mol. The molecule has 2 N–H and O–H groups in total. The molecule has 1 fully saturated rings. The number of thiophene rings is 1. The molecule has 1 aromatic heterocycles. The molecule has 1 atom stereocenters. The van der Waals surface area contributed by atoms with E-state index in [1.54, 1.807) is 11.3 Å². The summed E-state index contributed by atoms with van der Waals surface area (Å²) >= 11 is 3.58. The number of thioether (sulfide) groups is 1. The van der Waals surface area contributed by atoms with Crippen molar-refractivity contribution in [3.63, 3.8) is 0 Å². The fourth-order valence-corrected chi connectivity index (χ4v) is 4.20. The maximum atomic E-state index is 10.2. The first-order valence-corrected chi connectivity index (χ1v) is 8.43. The summed E-state index contributed by atoms with van der Waals surface area (Å²) < 4.78 is 1.31. The first-order chi connectivity index (χ1) is 8.79. The molecule has 1 unspecified atom stereocenters. The van der Waals surface area contributed by atoms with E-state index in [-0.39, 0.29) is 6.10 Å². The highest BCUT2D eigenvalue weighted by Gasteiger charge is 2.14. The second-order valence-corrected chi connectivity index (χ2v) is 7.17. The lowest BCUT2D eigenvalue weighted by molar-refractivity contribution is 0.139. The number of nitrogens with one attached hydrogen (secondary N) is 1. The molecule has 1 aliphatic rings. The van der Waals surface area contributed by atoms with Crippen LogP contribution < -0.4 is 5.32 Å². The van der Waals surface area contributed by atoms with Crippen LogP contribution in [0.4, 0.5) is 0 Å². The van der Waals surface area contributed by atoms with Crippen LogP contribution in [0.5, 0.6) is 0 Å². The van der Waals surface area contributed by atoms with Gasteiger partial charge in [0.05, 0.1) is 10.3 Å². The van der Waals surface area contributed by atoms with E-state index in [4.69, 9.17) is 0 Å². The topological polar surface area (TPSA) is 35.5 Å². The maximum absolute atomic E-state index is 10.2. The number of nitrogens with zero attached hydrogens (tertiary/aromatic N) is 1. The van der Waals surface area contributed by atoms with Gasteiger partial charge in [-0.25, -0.2) is 0 Å². The molecule has 0 aromatic carbocycles. The Morgan fingerprint density at radius 3 is 2.94 bits per heavy atom. The molecular weight excluding hydrogens is 264 g/mol. The van der Waals surface area contributed by atoms with Crippen molar-refractivity contribution in [1.82, 2.24) is 10.2 Å². The van der Waals surface area contributed by atoms with Crippen LogP contribution in [0.25, 0.3) is 0 Å². The number of hydrogen-bond acceptors (Lipinski definition) is 5. The molecule has 0 bridgehead atoms. The monoisotopic (exact) mass is 286 g/mol. The predicted octanol–water partition coefficient (Wildman–Crippen LogP) is 2.19. The highest BCUT2D eigenvalue weighted by Crippen LogP contribution is 2.31. The number of aliphatic hydroxyl groups is 1. The first-order valence-electron chi connectivity index (χ1n) is 6.63. The lowest BCUT2D eigenvalue weighted by atomic mass is 10.2. The quantitative estimate of drug-likeness (QED) is 0.786. The Hall–Kier alpha value is -0.0700. The van der Waals surface area contributed by atoms with Gasteiger partial charge in [0.2, 0.25) is 0 Å². The summed E-state index contributed by atoms with van der Waals surface area (Å²) in [5, 5.41) is 13.5. The Kier molecular flexibility index (Phi) is 5.98. The van der Waals surface area contributed by atoms with Gasteiger partial charge < -0.3 is 15.3 Å². The average molecular weight is 286 g/mol. The van der Waals surface area contributed by atoms with Gasteiger partial charge in [-0.15, -0.1) is 23.1 Å². The number of rotatable bonds is 6. The van der Waals surface area contributed by atoms with Crippen molar-refractivity contribution in [2.24, 2.45) is 0 Å². The van der Waals surface area contributed by atoms with Gasteiger partial charge in [0, 0.05) is 37.6 Å². The minimum Gasteiger partial charge on any atom is -0.388 e. The number of aliphatic hydroxyl groups excluding tert-OH is 1. The van der Waals surface area contributed by atoms with E-state index in [1.807, 2.05) is 11.8 Å². The molecule has 18 heavy (non-hydrogen) atoms. The fourth-order valence-electron chi connectivity index (χ4n) is 2.12. The smallest absolute Gasteiger partial charge is 0.0894 e. The lowest BCUT2D eigenvalue weighted by Gasteiger charge is -2.27. The van der Waals surface area contributed by atoms with Crippen LogP contribution in [-0.4, -0.2) is 48.5 Å². The second-order valence-electron chi connectivity index (χ2n) is 4.49. The van der Waals surface area contributed by atoms with Crippen LogP contribution in [0.15, 0.2) is 16.3 Å². The highest BCUT2D eigenvalue weighted by molar-refractivity contribution is 8.01. The Labute approximate surface area is 118 Å². The third kappa shape index (κ3) is 4.24. The third-order valence-corrected chi connectivity index (χ3v) is 5.44. The Bertz CT molecular complexity index is 351. The molecule has 0 radical (unpaired) electrons. The van der Waals surface area contributed by atoms with Crippen molar-refractivity contribution < 1.29 is 5.11 Å². The zero-order valence-electron chi connectivity index (χ0n) is 10.9. The summed E-state index contributed by atoms with van der Waals surface area (Å²) in [6, 6.07) is 4.20. The van der Waals surface area contributed by atoms with Crippen molar-refractivity contribution in [2.75, 3.05) is 38.5 Å². The van der Waals surface area contributed by atoms with Crippen LogP contribution in [0.1, 0.15) is 24.3 Å². The molecule has 0 aliphatic carbocycles. The Morgan fingerprint density at radius 1 is 1.44 bits per heavy atom. The van der Waals surface area contributed by atoms with Gasteiger partial charge >= 0.3 is 0 Å². The highest BCUT2D eigenvalue weighted by atomic mass is 32.2. The summed E-state index contributed by atoms with van der Waals surface area (Å²) in [4.78, 5) is 3.54. The van der Waals surface area contributed by atoms with Gasteiger partial charge in [-0.1, -0.05) is 6.92 Å². The molecule has 2 heterocycles. The summed E-state index contributed by atoms with van der Waals surface area (Å²) in [6.45, 7) is 7.52. The van der Waals surface area contributed by atoms with Gasteiger partial charge in [-0.05, 0) is 24.3 Å². The standard InChI is InChI=1S/C13H22N2OS2/c1-2-17-13-4-3-12(18-13)11(16)5-8-15-9-6-14-7-10-15/h3-4,11,14,16H,2,5-10H2,1H3. The normalized spacial score (nSPS) is 19.0. The Balaban J connectivity index is 1.77. The van der Waals surface area contributed by atoms with Gasteiger partial charge in [0.25, 0.3) is 0 Å². The molecule has 5 heteroatoms. The van der Waals surface area contributed by atoms with E-state index < -0.39 is 0 Å². The SMILES string of the molecule is CCSc1ccc(C(O)CCN2CCNCC2)s1. The van der Waals surface area contributed by atoms with Gasteiger partial charge in [0.15, 0.2) is 0 Å². The van der Waals surface area contributed by atoms with Crippen molar-refractivity contribution in [1.29, 1.82) is 0 Å². The maximum Gasteiger partial charge on any atom is 0.0894 e. The summed E-state index contributed by atoms with van der Waals surface area (Å²) in [5.74, 6) is 1.09. The van der Waals surface area contributed by atoms with Crippen molar-refractivity contribution in [3.05, 3.63) is 17.0 Å². The summed E-state index contributed by atoms with van der Waals surface area (Å²) in [5.41, 5.74) is 0. The molecular formula is C13H22N2OS2. The molecule has 0 amide bonds. The van der Waals surface area contributed by atoms with Gasteiger partial charge in [-0.3, -0.25) is 0 Å². The zero-order valence-corrected chi connectivity index (χ0v) is 12.5. The van der Waals surface area contributed by atoms with Gasteiger partial charge in [-0.2, -0.15) is 0 Å². The first kappa shape index (κ1) is 14.3. The second kappa shape index (κ2) is 7.50. The molecule has 1 saturated heterocycles. The van der Waals surface area contributed by atoms with E-state index in [0.717, 1.165) is 49.8 Å². The van der Waals surface area contributed by atoms with Crippen LogP contribution in [0.2, 0.25) is 0 Å². The van der Waals surface area contributed by atoms with Gasteiger partial charge in [0.1, 0.15) is 0 Å². The Morgan fingerprint density at radius 2 is 2.22 bits per heavy atom. The lowest BCUT2D eigenvalue weighted by Crippen LogP contribution is -2.43. The minimum absolute atomic E-state index is 0.295. The molecule has 1 aliphatic heterocycles. The molecule has 2 rings (SSSR count). The summed E-state index contributed by atoms with van der Waals surface area (Å²) in [7, 11) is 0. The van der Waals surface area contributed by atoms with E-state index >= 15 is 0 Å². The van der Waals surface area contributed by atoms with Crippen molar-refractivity contribution in [2.45, 2.75) is 23.7 Å². The molecule has 0 saturated carbocycles. The minimum atomic E-state index is -0.295. The molecule has 1 aromatic rings. The number of hydrogen-bond donors (Lipinski definition) is 2.